The van der Waals surface area contributed by atoms with E-state index in [4.69, 9.17) is 5.73 Å². The van der Waals surface area contributed by atoms with Gasteiger partial charge in [0.15, 0.2) is 11.6 Å². The zero-order chi connectivity index (χ0) is 14.9. The summed E-state index contributed by atoms with van der Waals surface area (Å²) in [5, 5.41) is 0. The van der Waals surface area contributed by atoms with Crippen molar-refractivity contribution in [2.75, 3.05) is 6.54 Å². The highest BCUT2D eigenvalue weighted by Crippen LogP contribution is 2.39. The molecule has 21 heavy (non-hydrogen) atoms. The second-order valence-corrected chi connectivity index (χ2v) is 5.88. The monoisotopic (exact) mass is 287 g/mol. The van der Waals surface area contributed by atoms with Gasteiger partial charge in [-0.3, -0.25) is 0 Å². The SMILES string of the molecule is NCC1(Cc2cccc(F)c2F)CCCc2ccccc21. The smallest absolute Gasteiger partial charge is 0.162 e. The third kappa shape index (κ3) is 2.46. The van der Waals surface area contributed by atoms with Gasteiger partial charge in [-0.25, -0.2) is 8.78 Å². The minimum absolute atomic E-state index is 0.288. The molecule has 1 aliphatic rings. The minimum atomic E-state index is -0.788. The van der Waals surface area contributed by atoms with Gasteiger partial charge in [-0.15, -0.1) is 0 Å². The Morgan fingerprint density at radius 3 is 2.67 bits per heavy atom. The zero-order valence-electron chi connectivity index (χ0n) is 11.9. The lowest BCUT2D eigenvalue weighted by Gasteiger charge is -2.38. The summed E-state index contributed by atoms with van der Waals surface area (Å²) in [7, 11) is 0. The van der Waals surface area contributed by atoms with Crippen LogP contribution in [0.4, 0.5) is 8.78 Å². The molecule has 2 aromatic carbocycles. The highest BCUT2D eigenvalue weighted by molar-refractivity contribution is 5.39. The first-order chi connectivity index (χ1) is 10.2. The van der Waals surface area contributed by atoms with Gasteiger partial charge in [0.05, 0.1) is 0 Å². The third-order valence-corrected chi connectivity index (χ3v) is 4.64. The summed E-state index contributed by atoms with van der Waals surface area (Å²) >= 11 is 0. The van der Waals surface area contributed by atoms with Gasteiger partial charge in [0.1, 0.15) is 0 Å². The standard InChI is InChI=1S/C18H19F2N/c19-16-9-3-6-14(17(16)20)11-18(12-21)10-4-7-13-5-1-2-8-15(13)18/h1-3,5-6,8-9H,4,7,10-12,21H2. The van der Waals surface area contributed by atoms with Gasteiger partial charge in [0, 0.05) is 12.0 Å². The summed E-state index contributed by atoms with van der Waals surface area (Å²) in [6.45, 7) is 0.444. The van der Waals surface area contributed by atoms with E-state index in [2.05, 4.69) is 12.1 Å². The molecule has 0 radical (unpaired) electrons. The molecule has 0 spiro atoms. The Kier molecular flexibility index (Phi) is 3.77. The predicted molar refractivity (Wildman–Crippen MR) is 80.2 cm³/mol. The van der Waals surface area contributed by atoms with Gasteiger partial charge in [0.25, 0.3) is 0 Å². The van der Waals surface area contributed by atoms with Crippen LogP contribution in [0.15, 0.2) is 42.5 Å². The van der Waals surface area contributed by atoms with E-state index in [9.17, 15) is 8.78 Å². The van der Waals surface area contributed by atoms with Crippen LogP contribution in [0.2, 0.25) is 0 Å². The minimum Gasteiger partial charge on any atom is -0.330 e. The number of nitrogens with two attached hydrogens (primary N) is 1. The summed E-state index contributed by atoms with van der Waals surface area (Å²) in [4.78, 5) is 0. The van der Waals surface area contributed by atoms with Crippen LogP contribution in [0.25, 0.3) is 0 Å². The van der Waals surface area contributed by atoms with Crippen LogP contribution in [0.1, 0.15) is 29.5 Å². The molecule has 0 saturated heterocycles. The van der Waals surface area contributed by atoms with Crippen molar-refractivity contribution in [3.05, 3.63) is 70.8 Å². The van der Waals surface area contributed by atoms with Crippen molar-refractivity contribution in [2.24, 2.45) is 5.73 Å². The second-order valence-electron chi connectivity index (χ2n) is 5.88. The van der Waals surface area contributed by atoms with Crippen molar-refractivity contribution < 1.29 is 8.78 Å². The van der Waals surface area contributed by atoms with Crippen molar-refractivity contribution in [2.45, 2.75) is 31.1 Å². The highest BCUT2D eigenvalue weighted by Gasteiger charge is 2.36. The van der Waals surface area contributed by atoms with Crippen LogP contribution in [0.5, 0.6) is 0 Å². The first kappa shape index (κ1) is 14.2. The number of halogens is 2. The van der Waals surface area contributed by atoms with Crippen LogP contribution in [-0.4, -0.2) is 6.54 Å². The Morgan fingerprint density at radius 1 is 1.05 bits per heavy atom. The molecular formula is C18H19F2N. The van der Waals surface area contributed by atoms with Crippen LogP contribution < -0.4 is 5.73 Å². The molecule has 0 aromatic heterocycles. The van der Waals surface area contributed by atoms with Gasteiger partial charge < -0.3 is 5.73 Å². The van der Waals surface area contributed by atoms with Gasteiger partial charge in [-0.2, -0.15) is 0 Å². The molecule has 3 heteroatoms. The first-order valence-electron chi connectivity index (χ1n) is 7.38. The van der Waals surface area contributed by atoms with Crippen LogP contribution in [0.3, 0.4) is 0 Å². The maximum Gasteiger partial charge on any atom is 0.162 e. The largest absolute Gasteiger partial charge is 0.330 e. The Labute approximate surface area is 123 Å². The van der Waals surface area contributed by atoms with Gasteiger partial charge in [0.2, 0.25) is 0 Å². The topological polar surface area (TPSA) is 26.0 Å². The molecule has 0 aliphatic heterocycles. The van der Waals surface area contributed by atoms with Crippen LogP contribution >= 0.6 is 0 Å². The Bertz CT molecular complexity index is 653. The highest BCUT2D eigenvalue weighted by atomic mass is 19.2. The molecule has 1 aliphatic carbocycles. The Hall–Kier alpha value is -1.74. The lowest BCUT2D eigenvalue weighted by molar-refractivity contribution is 0.358. The average Bonchev–Trinajstić information content (AvgIpc) is 2.52. The maximum absolute atomic E-state index is 14.0. The average molecular weight is 287 g/mol. The van der Waals surface area contributed by atoms with E-state index in [0.717, 1.165) is 25.3 Å². The quantitative estimate of drug-likeness (QED) is 0.914. The van der Waals surface area contributed by atoms with Crippen molar-refractivity contribution in [1.82, 2.24) is 0 Å². The summed E-state index contributed by atoms with van der Waals surface area (Å²) < 4.78 is 27.5. The van der Waals surface area contributed by atoms with E-state index in [0.29, 0.717) is 18.5 Å². The molecule has 1 atom stereocenters. The zero-order valence-corrected chi connectivity index (χ0v) is 11.9. The van der Waals surface area contributed by atoms with E-state index in [1.54, 1.807) is 12.1 Å². The summed E-state index contributed by atoms with van der Waals surface area (Å²) in [5.74, 6) is -1.53. The summed E-state index contributed by atoms with van der Waals surface area (Å²) in [6, 6.07) is 12.6. The van der Waals surface area contributed by atoms with E-state index in [1.165, 1.54) is 11.1 Å². The molecule has 0 heterocycles. The van der Waals surface area contributed by atoms with Crippen LogP contribution in [-0.2, 0) is 18.3 Å². The molecule has 1 nitrogen and oxygen atoms in total. The van der Waals surface area contributed by atoms with E-state index in [1.807, 2.05) is 12.1 Å². The Morgan fingerprint density at radius 2 is 1.86 bits per heavy atom. The number of hydrogen-bond donors (Lipinski definition) is 1. The second kappa shape index (κ2) is 5.57. The van der Waals surface area contributed by atoms with E-state index in [-0.39, 0.29) is 5.41 Å². The molecule has 3 rings (SSSR count). The van der Waals surface area contributed by atoms with Gasteiger partial charge in [-0.05, 0) is 48.4 Å². The molecule has 2 aromatic rings. The van der Waals surface area contributed by atoms with Crippen molar-refractivity contribution >= 4 is 0 Å². The van der Waals surface area contributed by atoms with E-state index < -0.39 is 11.6 Å². The van der Waals surface area contributed by atoms with Crippen molar-refractivity contribution in [3.63, 3.8) is 0 Å². The fourth-order valence-corrected chi connectivity index (χ4v) is 3.52. The normalized spacial score (nSPS) is 21.1. The molecule has 0 amide bonds. The number of hydrogen-bond acceptors (Lipinski definition) is 1. The number of aryl methyl sites for hydroxylation is 1. The molecule has 2 N–H and O–H groups in total. The number of benzene rings is 2. The van der Waals surface area contributed by atoms with Crippen molar-refractivity contribution in [3.8, 4) is 0 Å². The fourth-order valence-electron chi connectivity index (χ4n) is 3.52. The summed E-state index contributed by atoms with van der Waals surface area (Å²) in [6.07, 6.45) is 3.43. The molecule has 110 valence electrons. The molecule has 0 bridgehead atoms. The lowest BCUT2D eigenvalue weighted by Crippen LogP contribution is -2.40. The fraction of sp³-hybridized carbons (Fsp3) is 0.333. The number of fused-ring (bicyclic) bond motifs is 1. The third-order valence-electron chi connectivity index (χ3n) is 4.64. The van der Waals surface area contributed by atoms with E-state index >= 15 is 0 Å². The van der Waals surface area contributed by atoms with Crippen molar-refractivity contribution in [1.29, 1.82) is 0 Å². The van der Waals surface area contributed by atoms with Gasteiger partial charge >= 0.3 is 0 Å². The van der Waals surface area contributed by atoms with Crippen LogP contribution in [0, 0.1) is 11.6 Å². The summed E-state index contributed by atoms with van der Waals surface area (Å²) in [5.41, 5.74) is 8.68. The first-order valence-corrected chi connectivity index (χ1v) is 7.38. The lowest BCUT2D eigenvalue weighted by atomic mass is 9.67. The maximum atomic E-state index is 14.0. The number of rotatable bonds is 3. The molecule has 0 fully saturated rings. The predicted octanol–water partition coefficient (Wildman–Crippen LogP) is 3.74. The molecular weight excluding hydrogens is 268 g/mol. The molecule has 0 saturated carbocycles. The van der Waals surface area contributed by atoms with Gasteiger partial charge in [-0.1, -0.05) is 36.4 Å². The Balaban J connectivity index is 2.04. The molecule has 1 unspecified atom stereocenters.